The summed E-state index contributed by atoms with van der Waals surface area (Å²) in [5.74, 6) is -0.592. The Kier molecular flexibility index (Phi) is 3.99. The summed E-state index contributed by atoms with van der Waals surface area (Å²) in [6.07, 6.45) is 7.77. The van der Waals surface area contributed by atoms with Crippen LogP contribution < -0.4 is 0 Å². The molecule has 0 unspecified atom stereocenters. The molecule has 1 saturated carbocycles. The van der Waals surface area contributed by atoms with E-state index in [1.165, 1.54) is 4.90 Å². The van der Waals surface area contributed by atoms with Crippen LogP contribution in [-0.4, -0.2) is 44.1 Å². The predicted molar refractivity (Wildman–Crippen MR) is 87.7 cm³/mol. The number of carboxylic acid groups (broad SMARTS) is 1. The molecule has 4 rings (SSSR count). The van der Waals surface area contributed by atoms with Crippen molar-refractivity contribution >= 4 is 11.9 Å². The first-order valence-electron chi connectivity index (χ1n) is 8.57. The number of nitrogens with zero attached hydrogens (tertiary/aromatic N) is 3. The fourth-order valence-electron chi connectivity index (χ4n) is 4.13. The predicted octanol–water partition coefficient (Wildman–Crippen LogP) is 2.59. The molecule has 2 fully saturated rings. The van der Waals surface area contributed by atoms with Crippen LogP contribution in [0.2, 0.25) is 0 Å². The van der Waals surface area contributed by atoms with Gasteiger partial charge in [0.1, 0.15) is 6.04 Å². The maximum Gasteiger partial charge on any atom is 0.326 e. The molecule has 25 heavy (non-hydrogen) atoms. The summed E-state index contributed by atoms with van der Waals surface area (Å²) in [4.78, 5) is 30.2. The molecule has 1 amide bonds. The van der Waals surface area contributed by atoms with Crippen molar-refractivity contribution in [2.24, 2.45) is 5.92 Å². The smallest absolute Gasteiger partial charge is 0.326 e. The third-order valence-electron chi connectivity index (χ3n) is 5.28. The minimum absolute atomic E-state index is 0.0131. The molecule has 130 valence electrons. The van der Waals surface area contributed by atoms with Gasteiger partial charge in [0.15, 0.2) is 11.5 Å². The lowest BCUT2D eigenvalue weighted by molar-refractivity contribution is -0.141. The van der Waals surface area contributed by atoms with Gasteiger partial charge in [-0.3, -0.25) is 9.78 Å². The molecule has 7 nitrogen and oxygen atoms in total. The lowest BCUT2D eigenvalue weighted by Crippen LogP contribution is -2.46. The molecule has 3 atom stereocenters. The summed E-state index contributed by atoms with van der Waals surface area (Å²) < 4.78 is 5.28. The lowest BCUT2D eigenvalue weighted by Gasteiger charge is -2.32. The quantitative estimate of drug-likeness (QED) is 0.922. The van der Waals surface area contributed by atoms with Crippen LogP contribution in [0.15, 0.2) is 35.1 Å². The number of fused-ring (bicyclic) bond motifs is 1. The first-order chi connectivity index (χ1) is 12.1. The summed E-state index contributed by atoms with van der Waals surface area (Å²) in [5.41, 5.74) is 0.872. The van der Waals surface area contributed by atoms with Crippen LogP contribution in [0.5, 0.6) is 0 Å². The molecule has 2 aliphatic rings. The minimum Gasteiger partial charge on any atom is -0.480 e. The Morgan fingerprint density at radius 3 is 2.88 bits per heavy atom. The number of carbonyl (C=O) groups excluding carboxylic acids is 1. The van der Waals surface area contributed by atoms with Crippen LogP contribution in [-0.2, 0) is 4.79 Å². The van der Waals surface area contributed by atoms with Gasteiger partial charge < -0.3 is 14.5 Å². The molecule has 2 aromatic rings. The van der Waals surface area contributed by atoms with Gasteiger partial charge in [0, 0.05) is 30.1 Å². The SMILES string of the molecule is O=C(O)[C@@H]1C[C@@H]2CCCC[C@H]2N1C(=O)c1cc(-c2cccnc2)on1. The number of pyridine rings is 1. The Morgan fingerprint density at radius 2 is 2.12 bits per heavy atom. The number of carbonyl (C=O) groups is 2. The number of carboxylic acids is 1. The number of aliphatic carboxylic acids is 1. The molecule has 0 bridgehead atoms. The van der Waals surface area contributed by atoms with Crippen LogP contribution in [0.1, 0.15) is 42.6 Å². The van der Waals surface area contributed by atoms with E-state index >= 15 is 0 Å². The highest BCUT2D eigenvalue weighted by molar-refractivity contribution is 5.96. The Bertz CT molecular complexity index is 789. The fourth-order valence-corrected chi connectivity index (χ4v) is 4.13. The highest BCUT2D eigenvalue weighted by Gasteiger charge is 2.48. The van der Waals surface area contributed by atoms with E-state index in [1.54, 1.807) is 24.5 Å². The van der Waals surface area contributed by atoms with Crippen molar-refractivity contribution in [1.82, 2.24) is 15.0 Å². The van der Waals surface area contributed by atoms with E-state index in [1.807, 2.05) is 6.07 Å². The van der Waals surface area contributed by atoms with Crippen molar-refractivity contribution in [2.75, 3.05) is 0 Å². The standard InChI is InChI=1S/C18H19N3O4/c22-17(13-9-16(25-20-13)12-5-3-7-19-10-12)21-14-6-2-1-4-11(14)8-15(21)18(23)24/h3,5,7,9-11,14-15H,1-2,4,6,8H2,(H,23,24)/t11-,14+,15-/m0/s1. The molecule has 2 aromatic heterocycles. The molecule has 0 aromatic carbocycles. The molecule has 1 saturated heterocycles. The lowest BCUT2D eigenvalue weighted by atomic mass is 9.84. The second kappa shape index (κ2) is 6.31. The van der Waals surface area contributed by atoms with Gasteiger partial charge in [0.05, 0.1) is 0 Å². The molecular formula is C18H19N3O4. The number of aromatic nitrogens is 2. The summed E-state index contributed by atoms with van der Waals surface area (Å²) in [5, 5.41) is 13.4. The van der Waals surface area contributed by atoms with Gasteiger partial charge in [0.2, 0.25) is 0 Å². The van der Waals surface area contributed by atoms with E-state index in [-0.39, 0.29) is 23.6 Å². The summed E-state index contributed by atoms with van der Waals surface area (Å²) in [6.45, 7) is 0. The highest BCUT2D eigenvalue weighted by Crippen LogP contribution is 2.40. The van der Waals surface area contributed by atoms with Gasteiger partial charge >= 0.3 is 5.97 Å². The zero-order valence-corrected chi connectivity index (χ0v) is 13.7. The van der Waals surface area contributed by atoms with Gasteiger partial charge in [-0.05, 0) is 37.3 Å². The monoisotopic (exact) mass is 341 g/mol. The Morgan fingerprint density at radius 1 is 1.28 bits per heavy atom. The summed E-state index contributed by atoms with van der Waals surface area (Å²) in [7, 11) is 0. The van der Waals surface area contributed by atoms with Crippen LogP contribution >= 0.6 is 0 Å². The highest BCUT2D eigenvalue weighted by atomic mass is 16.5. The number of hydrogen-bond donors (Lipinski definition) is 1. The molecule has 0 radical (unpaired) electrons. The second-order valence-corrected chi connectivity index (χ2v) is 6.73. The summed E-state index contributed by atoms with van der Waals surface area (Å²) >= 11 is 0. The van der Waals surface area contributed by atoms with Crippen molar-refractivity contribution in [3.63, 3.8) is 0 Å². The topological polar surface area (TPSA) is 96.5 Å². The normalized spacial score (nSPS) is 25.6. The third-order valence-corrected chi connectivity index (χ3v) is 5.28. The fraction of sp³-hybridized carbons (Fsp3) is 0.444. The van der Waals surface area contributed by atoms with Gasteiger partial charge in [0.25, 0.3) is 5.91 Å². The van der Waals surface area contributed by atoms with Gasteiger partial charge in [-0.25, -0.2) is 4.79 Å². The van der Waals surface area contributed by atoms with Crippen molar-refractivity contribution < 1.29 is 19.2 Å². The molecular weight excluding hydrogens is 322 g/mol. The zero-order chi connectivity index (χ0) is 17.4. The van der Waals surface area contributed by atoms with E-state index in [0.29, 0.717) is 12.2 Å². The van der Waals surface area contributed by atoms with Crippen LogP contribution in [0.25, 0.3) is 11.3 Å². The number of rotatable bonds is 3. The van der Waals surface area contributed by atoms with E-state index in [2.05, 4.69) is 10.1 Å². The zero-order valence-electron chi connectivity index (χ0n) is 13.7. The maximum atomic E-state index is 13.0. The first kappa shape index (κ1) is 15.8. The van der Waals surface area contributed by atoms with Crippen molar-refractivity contribution in [3.05, 3.63) is 36.3 Å². The average molecular weight is 341 g/mol. The number of hydrogen-bond acceptors (Lipinski definition) is 5. The van der Waals surface area contributed by atoms with E-state index < -0.39 is 12.0 Å². The van der Waals surface area contributed by atoms with Gasteiger partial charge in [-0.15, -0.1) is 0 Å². The van der Waals surface area contributed by atoms with Crippen LogP contribution in [0.3, 0.4) is 0 Å². The number of amides is 1. The van der Waals surface area contributed by atoms with Crippen molar-refractivity contribution in [2.45, 2.75) is 44.2 Å². The molecule has 1 aliphatic carbocycles. The molecule has 1 N–H and O–H groups in total. The Balaban J connectivity index is 1.63. The Hall–Kier alpha value is -2.70. The Labute approximate surface area is 144 Å². The van der Waals surface area contributed by atoms with Gasteiger partial charge in [-0.1, -0.05) is 18.0 Å². The van der Waals surface area contributed by atoms with E-state index in [9.17, 15) is 14.7 Å². The summed E-state index contributed by atoms with van der Waals surface area (Å²) in [6, 6.07) is 4.36. The molecule has 3 heterocycles. The molecule has 7 heteroatoms. The largest absolute Gasteiger partial charge is 0.480 e. The first-order valence-corrected chi connectivity index (χ1v) is 8.57. The third kappa shape index (κ3) is 2.79. The number of likely N-dealkylation sites (tertiary alicyclic amines) is 1. The van der Waals surface area contributed by atoms with Crippen molar-refractivity contribution in [3.8, 4) is 11.3 Å². The maximum absolute atomic E-state index is 13.0. The van der Waals surface area contributed by atoms with Crippen molar-refractivity contribution in [1.29, 1.82) is 0 Å². The van der Waals surface area contributed by atoms with Crippen LogP contribution in [0.4, 0.5) is 0 Å². The average Bonchev–Trinajstić information content (AvgIpc) is 3.27. The van der Waals surface area contributed by atoms with E-state index in [0.717, 1.165) is 31.2 Å². The van der Waals surface area contributed by atoms with Gasteiger partial charge in [-0.2, -0.15) is 0 Å². The second-order valence-electron chi connectivity index (χ2n) is 6.73. The molecule has 0 spiro atoms. The minimum atomic E-state index is -0.946. The van der Waals surface area contributed by atoms with E-state index in [4.69, 9.17) is 4.52 Å². The van der Waals surface area contributed by atoms with Crippen LogP contribution in [0, 0.1) is 5.92 Å². The molecule has 1 aliphatic heterocycles.